The summed E-state index contributed by atoms with van der Waals surface area (Å²) in [5.74, 6) is 0. The molecule has 224 valence electrons. The summed E-state index contributed by atoms with van der Waals surface area (Å²) >= 11 is 0. The lowest BCUT2D eigenvalue weighted by Crippen LogP contribution is -2.22. The van der Waals surface area contributed by atoms with E-state index in [9.17, 15) is 0 Å². The Morgan fingerprint density at radius 3 is 1.08 bits per heavy atom. The minimum atomic E-state index is -1.33. The molecule has 0 aromatic rings. The van der Waals surface area contributed by atoms with Crippen LogP contribution in [0.5, 0.6) is 0 Å². The van der Waals surface area contributed by atoms with Crippen molar-refractivity contribution in [2.75, 3.05) is 13.2 Å². The maximum Gasteiger partial charge on any atom is 0.334 e. The summed E-state index contributed by atoms with van der Waals surface area (Å²) in [6, 6.07) is 0. The highest BCUT2D eigenvalue weighted by Crippen LogP contribution is 2.41. The van der Waals surface area contributed by atoms with Crippen LogP contribution in [0.3, 0.4) is 0 Å². The van der Waals surface area contributed by atoms with Gasteiger partial charge < -0.3 is 14.8 Å². The maximum atomic E-state index is 6.28. The van der Waals surface area contributed by atoms with E-state index in [4.69, 9.17) is 19.3 Å². The van der Waals surface area contributed by atoms with Gasteiger partial charge in [0, 0.05) is 0 Å². The van der Waals surface area contributed by atoms with Crippen molar-refractivity contribution in [2.24, 2.45) is 5.73 Å². The van der Waals surface area contributed by atoms with Gasteiger partial charge in [0.1, 0.15) is 6.23 Å². The second kappa shape index (κ2) is 32.5. The van der Waals surface area contributed by atoms with E-state index in [1.807, 2.05) is 0 Å². The first-order valence-corrected chi connectivity index (χ1v) is 17.8. The maximum absolute atomic E-state index is 6.28. The fraction of sp³-hybridized carbons (Fsp3) is 1.00. The summed E-state index contributed by atoms with van der Waals surface area (Å²) in [4.78, 5) is 0. The van der Waals surface area contributed by atoms with Gasteiger partial charge in [-0.15, -0.1) is 0 Å². The topological polar surface area (TPSA) is 53.7 Å². The molecule has 0 amide bonds. The highest BCUT2D eigenvalue weighted by atomic mass is 31.2. The molecule has 0 radical (unpaired) electrons. The predicted octanol–water partition coefficient (Wildman–Crippen LogP) is 11.8. The average molecular weight is 546 g/mol. The second-order valence-corrected chi connectivity index (χ2v) is 12.3. The standard InChI is InChI=1S/C32H68NO3P/c1-4-7-10-13-15-17-19-21-24-27-30-34-37(36-32(33)29-26-23-12-9-6-3)35-31-28-25-22-20-18-16-14-11-8-5-2/h32H,4-31,33H2,1-3H3. The molecule has 4 nitrogen and oxygen atoms in total. The van der Waals surface area contributed by atoms with Crippen molar-refractivity contribution in [3.05, 3.63) is 0 Å². The molecule has 0 bridgehead atoms. The van der Waals surface area contributed by atoms with Gasteiger partial charge in [-0.3, -0.25) is 4.52 Å². The van der Waals surface area contributed by atoms with Crippen molar-refractivity contribution in [3.8, 4) is 0 Å². The first kappa shape index (κ1) is 37.3. The van der Waals surface area contributed by atoms with E-state index in [2.05, 4.69) is 20.8 Å². The molecule has 5 heteroatoms. The number of rotatable bonds is 32. The number of hydrogen-bond acceptors (Lipinski definition) is 4. The van der Waals surface area contributed by atoms with Crippen LogP contribution in [0.15, 0.2) is 0 Å². The van der Waals surface area contributed by atoms with Gasteiger partial charge in [-0.2, -0.15) is 0 Å². The fourth-order valence-electron chi connectivity index (χ4n) is 4.67. The van der Waals surface area contributed by atoms with Gasteiger partial charge in [-0.25, -0.2) is 0 Å². The van der Waals surface area contributed by atoms with Crippen molar-refractivity contribution >= 4 is 8.60 Å². The normalized spacial score (nSPS) is 12.6. The third-order valence-electron chi connectivity index (χ3n) is 7.20. The van der Waals surface area contributed by atoms with Gasteiger partial charge in [0.25, 0.3) is 0 Å². The molecule has 0 fully saturated rings. The van der Waals surface area contributed by atoms with E-state index in [1.54, 1.807) is 0 Å². The smallest absolute Gasteiger partial charge is 0.312 e. The third-order valence-corrected chi connectivity index (χ3v) is 8.43. The number of nitrogens with two attached hydrogens (primary N) is 1. The van der Waals surface area contributed by atoms with Gasteiger partial charge in [0.2, 0.25) is 0 Å². The van der Waals surface area contributed by atoms with Crippen LogP contribution in [-0.4, -0.2) is 19.4 Å². The van der Waals surface area contributed by atoms with E-state index in [-0.39, 0.29) is 6.23 Å². The van der Waals surface area contributed by atoms with Crippen LogP contribution >= 0.6 is 8.60 Å². The number of unbranched alkanes of at least 4 members (excludes halogenated alkanes) is 22. The molecule has 0 aliphatic carbocycles. The Labute approximate surface area is 234 Å². The third kappa shape index (κ3) is 30.7. The minimum absolute atomic E-state index is 0.270. The van der Waals surface area contributed by atoms with Crippen molar-refractivity contribution in [3.63, 3.8) is 0 Å². The highest BCUT2D eigenvalue weighted by Gasteiger charge is 2.17. The summed E-state index contributed by atoms with van der Waals surface area (Å²) in [5, 5.41) is 0. The van der Waals surface area contributed by atoms with Crippen LogP contribution in [0.1, 0.15) is 188 Å². The van der Waals surface area contributed by atoms with Crippen LogP contribution in [0.4, 0.5) is 0 Å². The summed E-state index contributed by atoms with van der Waals surface area (Å²) in [6.45, 7) is 8.27. The minimum Gasteiger partial charge on any atom is -0.312 e. The lowest BCUT2D eigenvalue weighted by molar-refractivity contribution is 0.112. The van der Waals surface area contributed by atoms with Gasteiger partial charge >= 0.3 is 8.60 Å². The average Bonchev–Trinajstić information content (AvgIpc) is 2.90. The molecule has 0 heterocycles. The molecule has 1 unspecified atom stereocenters. The van der Waals surface area contributed by atoms with Crippen LogP contribution in [0, 0.1) is 0 Å². The molecule has 0 aliphatic heterocycles. The van der Waals surface area contributed by atoms with E-state index in [0.717, 1.165) is 38.9 Å². The Morgan fingerprint density at radius 1 is 0.432 bits per heavy atom. The van der Waals surface area contributed by atoms with Crippen molar-refractivity contribution in [1.29, 1.82) is 0 Å². The zero-order chi connectivity index (χ0) is 27.1. The first-order valence-electron chi connectivity index (χ1n) is 16.7. The molecule has 0 rings (SSSR count). The van der Waals surface area contributed by atoms with Gasteiger partial charge in [-0.05, 0) is 25.7 Å². The van der Waals surface area contributed by atoms with Crippen LogP contribution < -0.4 is 5.73 Å². The van der Waals surface area contributed by atoms with Gasteiger partial charge in [-0.1, -0.05) is 162 Å². The zero-order valence-electron chi connectivity index (χ0n) is 25.6. The van der Waals surface area contributed by atoms with Crippen LogP contribution in [-0.2, 0) is 13.6 Å². The summed E-state index contributed by atoms with van der Waals surface area (Å²) < 4.78 is 18.2. The second-order valence-electron chi connectivity index (χ2n) is 11.1. The van der Waals surface area contributed by atoms with E-state index in [1.165, 1.54) is 141 Å². The predicted molar refractivity (Wildman–Crippen MR) is 165 cm³/mol. The molecular weight excluding hydrogens is 477 g/mol. The monoisotopic (exact) mass is 545 g/mol. The number of hydrogen-bond donors (Lipinski definition) is 1. The summed E-state index contributed by atoms with van der Waals surface area (Å²) in [5.41, 5.74) is 6.28. The summed E-state index contributed by atoms with van der Waals surface area (Å²) in [7, 11) is -1.33. The molecule has 0 aromatic heterocycles. The Balaban J connectivity index is 3.97. The van der Waals surface area contributed by atoms with Crippen LogP contribution in [0.25, 0.3) is 0 Å². The zero-order valence-corrected chi connectivity index (χ0v) is 26.5. The molecule has 0 aliphatic rings. The van der Waals surface area contributed by atoms with Crippen LogP contribution in [0.2, 0.25) is 0 Å². The van der Waals surface area contributed by atoms with E-state index < -0.39 is 8.60 Å². The molecule has 1 atom stereocenters. The highest BCUT2D eigenvalue weighted by molar-refractivity contribution is 7.41. The molecule has 37 heavy (non-hydrogen) atoms. The SMILES string of the molecule is CCCCCCCCCCCCOP(OCCCCCCCCCCCC)OC(N)CCCCCCC. The van der Waals surface area contributed by atoms with Crippen molar-refractivity contribution < 1.29 is 13.6 Å². The lowest BCUT2D eigenvalue weighted by Gasteiger charge is -2.21. The fourth-order valence-corrected chi connectivity index (χ4v) is 5.75. The van der Waals surface area contributed by atoms with E-state index in [0.29, 0.717) is 0 Å². The Kier molecular flexibility index (Phi) is 32.7. The Bertz CT molecular complexity index is 387. The molecular formula is C32H68NO3P. The van der Waals surface area contributed by atoms with Crippen molar-refractivity contribution in [2.45, 2.75) is 194 Å². The molecule has 0 spiro atoms. The largest absolute Gasteiger partial charge is 0.334 e. The van der Waals surface area contributed by atoms with Gasteiger partial charge in [0.05, 0.1) is 13.2 Å². The quantitative estimate of drug-likeness (QED) is 0.0519. The molecule has 0 saturated carbocycles. The van der Waals surface area contributed by atoms with Gasteiger partial charge in [0.15, 0.2) is 0 Å². The Hall–Kier alpha value is 0.270. The first-order chi connectivity index (χ1) is 18.2. The van der Waals surface area contributed by atoms with E-state index >= 15 is 0 Å². The van der Waals surface area contributed by atoms with Crippen molar-refractivity contribution in [1.82, 2.24) is 0 Å². The molecule has 2 N–H and O–H groups in total. The summed E-state index contributed by atoms with van der Waals surface area (Å²) in [6.07, 6.45) is 33.5. The molecule has 0 saturated heterocycles. The Morgan fingerprint density at radius 2 is 0.730 bits per heavy atom. The lowest BCUT2D eigenvalue weighted by atomic mass is 10.1. The molecule has 0 aromatic carbocycles.